The molecule has 110 valence electrons. The van der Waals surface area contributed by atoms with Crippen LogP contribution in [0.2, 0.25) is 0 Å². The molecule has 1 rings (SSSR count). The number of allylic oxidation sites excluding steroid dienone is 4. The summed E-state index contributed by atoms with van der Waals surface area (Å²) in [6, 6.07) is 10.1. The summed E-state index contributed by atoms with van der Waals surface area (Å²) < 4.78 is 5.53. The van der Waals surface area contributed by atoms with Crippen LogP contribution in [0.4, 0.5) is 0 Å². The fraction of sp³-hybridized carbons (Fsp3) is 0.294. The average Bonchev–Trinajstić information content (AvgIpc) is 2.50. The second-order valence-electron chi connectivity index (χ2n) is 4.50. The zero-order valence-electron chi connectivity index (χ0n) is 12.2. The highest BCUT2D eigenvalue weighted by atomic mass is 16.5. The van der Waals surface area contributed by atoms with Crippen molar-refractivity contribution in [3.8, 4) is 0 Å². The second kappa shape index (κ2) is 11.5. The summed E-state index contributed by atoms with van der Waals surface area (Å²) in [5, 5.41) is 3.45. The summed E-state index contributed by atoms with van der Waals surface area (Å²) in [4.78, 5) is 2.70. The van der Waals surface area contributed by atoms with E-state index in [0.29, 0.717) is 18.9 Å². The number of hydrogen-bond acceptors (Lipinski definition) is 2. The minimum atomic E-state index is 0.593. The summed E-state index contributed by atoms with van der Waals surface area (Å²) >= 11 is 0. The van der Waals surface area contributed by atoms with Crippen LogP contribution >= 0.6 is 0 Å². The zero-order chi connectivity index (χ0) is 15.2. The van der Waals surface area contributed by atoms with E-state index in [1.54, 1.807) is 0 Å². The predicted molar refractivity (Wildman–Crippen MR) is 86.5 cm³/mol. The van der Waals surface area contributed by atoms with Crippen molar-refractivity contribution in [3.05, 3.63) is 82.9 Å². The largest absolute Gasteiger partial charge is 0.373 e. The van der Waals surface area contributed by atoms with E-state index in [2.05, 4.69) is 22.7 Å². The number of azide groups is 1. The summed E-state index contributed by atoms with van der Waals surface area (Å²) in [6.45, 7) is 4.90. The molecule has 0 N–H and O–H groups in total. The number of hydrogen-bond donors (Lipinski definition) is 0. The Labute approximate surface area is 126 Å². The minimum Gasteiger partial charge on any atom is -0.373 e. The zero-order valence-corrected chi connectivity index (χ0v) is 12.2. The second-order valence-corrected chi connectivity index (χ2v) is 4.50. The predicted octanol–water partition coefficient (Wildman–Crippen LogP) is 5.31. The van der Waals surface area contributed by atoms with Gasteiger partial charge in [-0.25, -0.2) is 0 Å². The molecule has 0 amide bonds. The van der Waals surface area contributed by atoms with E-state index in [-0.39, 0.29) is 0 Å². The van der Waals surface area contributed by atoms with E-state index in [9.17, 15) is 0 Å². The van der Waals surface area contributed by atoms with Gasteiger partial charge in [-0.3, -0.25) is 0 Å². The Kier molecular flexibility index (Phi) is 9.20. The Morgan fingerprint density at radius 2 is 2.00 bits per heavy atom. The standard InChI is InChI=1S/C17H21N3O/c1-16(19-20-18)11-7-4-2-3-5-10-14-21-15-17-12-8-6-9-13-17/h2-3,5-6,8-10,12-13H,1,4,7,11,14-15H2/b3-2+,10-5+. The van der Waals surface area contributed by atoms with Crippen LogP contribution in [0, 0.1) is 0 Å². The lowest BCUT2D eigenvalue weighted by Gasteiger charge is -2.00. The smallest absolute Gasteiger partial charge is 0.0721 e. The molecule has 0 heterocycles. The molecule has 1 aromatic carbocycles. The third-order valence-electron chi connectivity index (χ3n) is 2.73. The molecule has 0 aliphatic heterocycles. The van der Waals surface area contributed by atoms with Gasteiger partial charge in [-0.15, -0.1) is 0 Å². The SMILES string of the molecule is C=C(CCC/C=C/C=C/COCc1ccccc1)N=[N+]=[N-]. The number of rotatable bonds is 10. The molecule has 1 aromatic rings. The van der Waals surface area contributed by atoms with E-state index < -0.39 is 0 Å². The highest BCUT2D eigenvalue weighted by Crippen LogP contribution is 2.07. The van der Waals surface area contributed by atoms with Crippen LogP contribution in [0.5, 0.6) is 0 Å². The van der Waals surface area contributed by atoms with Gasteiger partial charge in [0.2, 0.25) is 0 Å². The fourth-order valence-corrected chi connectivity index (χ4v) is 1.67. The van der Waals surface area contributed by atoms with Gasteiger partial charge in [-0.1, -0.05) is 66.3 Å². The summed E-state index contributed by atoms with van der Waals surface area (Å²) in [5.41, 5.74) is 9.99. The fourth-order valence-electron chi connectivity index (χ4n) is 1.67. The van der Waals surface area contributed by atoms with Crippen molar-refractivity contribution in [3.63, 3.8) is 0 Å². The van der Waals surface area contributed by atoms with Gasteiger partial charge in [0.05, 0.1) is 13.2 Å². The maximum atomic E-state index is 8.22. The number of ether oxygens (including phenoxy) is 1. The Morgan fingerprint density at radius 3 is 2.76 bits per heavy atom. The maximum Gasteiger partial charge on any atom is 0.0721 e. The van der Waals surface area contributed by atoms with Gasteiger partial charge in [-0.05, 0) is 30.4 Å². The molecular formula is C17H21N3O. The quantitative estimate of drug-likeness (QED) is 0.189. The van der Waals surface area contributed by atoms with Gasteiger partial charge < -0.3 is 4.74 Å². The summed E-state index contributed by atoms with van der Waals surface area (Å²) in [6.07, 6.45) is 10.7. The molecule has 0 aliphatic carbocycles. The minimum absolute atomic E-state index is 0.593. The first kappa shape index (κ1) is 16.8. The van der Waals surface area contributed by atoms with Crippen molar-refractivity contribution >= 4 is 0 Å². The van der Waals surface area contributed by atoms with E-state index in [4.69, 9.17) is 10.3 Å². The van der Waals surface area contributed by atoms with E-state index >= 15 is 0 Å². The molecule has 4 heteroatoms. The molecule has 0 radical (unpaired) electrons. The van der Waals surface area contributed by atoms with Crippen LogP contribution in [0.1, 0.15) is 24.8 Å². The molecule has 0 aliphatic rings. The maximum absolute atomic E-state index is 8.22. The number of nitrogens with zero attached hydrogens (tertiary/aromatic N) is 3. The molecule has 0 atom stereocenters. The lowest BCUT2D eigenvalue weighted by Crippen LogP contribution is -1.91. The van der Waals surface area contributed by atoms with Gasteiger partial charge in [0, 0.05) is 10.6 Å². The molecule has 0 unspecified atom stereocenters. The van der Waals surface area contributed by atoms with Crippen molar-refractivity contribution in [2.24, 2.45) is 5.11 Å². The van der Waals surface area contributed by atoms with E-state index in [1.165, 1.54) is 5.56 Å². The van der Waals surface area contributed by atoms with Gasteiger partial charge >= 0.3 is 0 Å². The Bertz CT molecular complexity index is 514. The van der Waals surface area contributed by atoms with Gasteiger partial charge in [0.15, 0.2) is 0 Å². The topological polar surface area (TPSA) is 58.0 Å². The van der Waals surface area contributed by atoms with E-state index in [0.717, 1.165) is 19.3 Å². The lowest BCUT2D eigenvalue weighted by molar-refractivity contribution is 0.148. The monoisotopic (exact) mass is 283 g/mol. The van der Waals surface area contributed by atoms with Crippen molar-refractivity contribution in [2.75, 3.05) is 6.61 Å². The first-order valence-corrected chi connectivity index (χ1v) is 6.99. The van der Waals surface area contributed by atoms with Crippen LogP contribution in [-0.4, -0.2) is 6.61 Å². The van der Waals surface area contributed by atoms with Crippen molar-refractivity contribution in [1.29, 1.82) is 0 Å². The summed E-state index contributed by atoms with van der Waals surface area (Å²) in [5.74, 6) is 0. The molecule has 0 fully saturated rings. The van der Waals surface area contributed by atoms with Crippen molar-refractivity contribution < 1.29 is 4.74 Å². The van der Waals surface area contributed by atoms with Crippen molar-refractivity contribution in [1.82, 2.24) is 0 Å². The Balaban J connectivity index is 2.02. The third-order valence-corrected chi connectivity index (χ3v) is 2.73. The Hall–Kier alpha value is -2.29. The van der Waals surface area contributed by atoms with Crippen LogP contribution in [0.3, 0.4) is 0 Å². The van der Waals surface area contributed by atoms with Crippen molar-refractivity contribution in [2.45, 2.75) is 25.9 Å². The van der Waals surface area contributed by atoms with Gasteiger partial charge in [-0.2, -0.15) is 0 Å². The van der Waals surface area contributed by atoms with Crippen LogP contribution < -0.4 is 0 Å². The molecule has 4 nitrogen and oxygen atoms in total. The van der Waals surface area contributed by atoms with Crippen LogP contribution in [0.15, 0.2) is 72.0 Å². The molecule has 0 saturated heterocycles. The van der Waals surface area contributed by atoms with Crippen LogP contribution in [0.25, 0.3) is 10.4 Å². The molecule has 0 spiro atoms. The first-order chi connectivity index (χ1) is 10.3. The highest BCUT2D eigenvalue weighted by molar-refractivity contribution is 5.13. The molecular weight excluding hydrogens is 262 g/mol. The lowest BCUT2D eigenvalue weighted by atomic mass is 10.2. The van der Waals surface area contributed by atoms with Gasteiger partial charge in [0.25, 0.3) is 0 Å². The Morgan fingerprint density at radius 1 is 1.24 bits per heavy atom. The normalized spacial score (nSPS) is 10.9. The summed E-state index contributed by atoms with van der Waals surface area (Å²) in [7, 11) is 0. The van der Waals surface area contributed by atoms with Gasteiger partial charge in [0.1, 0.15) is 0 Å². The first-order valence-electron chi connectivity index (χ1n) is 6.99. The molecule has 0 saturated carbocycles. The highest BCUT2D eigenvalue weighted by Gasteiger charge is 1.89. The molecule has 0 bridgehead atoms. The third kappa shape index (κ3) is 9.27. The molecule has 0 aromatic heterocycles. The average molecular weight is 283 g/mol. The molecule has 21 heavy (non-hydrogen) atoms. The number of benzene rings is 1. The van der Waals surface area contributed by atoms with Crippen LogP contribution in [-0.2, 0) is 11.3 Å². The van der Waals surface area contributed by atoms with E-state index in [1.807, 2.05) is 48.6 Å². The number of unbranched alkanes of at least 4 members (excludes halogenated alkanes) is 1.